The fraction of sp³-hybridized carbons (Fsp3) is 0.120. The predicted molar refractivity (Wildman–Crippen MR) is 124 cm³/mol. The fourth-order valence-corrected chi connectivity index (χ4v) is 3.43. The van der Waals surface area contributed by atoms with E-state index >= 15 is 0 Å². The van der Waals surface area contributed by atoms with Gasteiger partial charge in [-0.2, -0.15) is 0 Å². The van der Waals surface area contributed by atoms with Crippen LogP contribution in [0.4, 0.5) is 24.7 Å². The Morgan fingerprint density at radius 2 is 1.71 bits per heavy atom. The lowest BCUT2D eigenvalue weighted by atomic mass is 9.98. The van der Waals surface area contributed by atoms with E-state index in [1.807, 2.05) is 18.2 Å². The highest BCUT2D eigenvalue weighted by Crippen LogP contribution is 2.31. The summed E-state index contributed by atoms with van der Waals surface area (Å²) in [5, 5.41) is 5.48. The third-order valence-corrected chi connectivity index (χ3v) is 5.22. The van der Waals surface area contributed by atoms with E-state index in [1.165, 1.54) is 18.2 Å². The number of nitrogens with zero attached hydrogens (tertiary/aromatic N) is 3. The molecule has 4 rings (SSSR count). The van der Waals surface area contributed by atoms with E-state index in [0.717, 1.165) is 23.4 Å². The molecule has 4 aromatic rings. The zero-order chi connectivity index (χ0) is 24.2. The predicted octanol–water partition coefficient (Wildman–Crippen LogP) is 5.88. The summed E-state index contributed by atoms with van der Waals surface area (Å²) in [7, 11) is 1.77. The minimum Gasteiger partial charge on any atom is -0.373 e. The molecule has 0 bridgehead atoms. The first-order valence-electron chi connectivity index (χ1n) is 10.3. The average Bonchev–Trinajstić information content (AvgIpc) is 2.85. The zero-order valence-corrected chi connectivity index (χ0v) is 18.3. The number of hydrogen-bond donors (Lipinski definition) is 2. The third kappa shape index (κ3) is 4.88. The number of alkyl halides is 2. The number of nitrogens with one attached hydrogen (secondary N) is 2. The van der Waals surface area contributed by atoms with Gasteiger partial charge in [-0.3, -0.25) is 14.8 Å². The number of carbonyl (C=O) groups excluding carboxylic acids is 1. The Hall–Kier alpha value is -4.27. The largest absolute Gasteiger partial charge is 0.373 e. The molecular weight excluding hydrogens is 443 g/mol. The molecular formula is C25H20F3N5O. The van der Waals surface area contributed by atoms with Gasteiger partial charge in [-0.25, -0.2) is 18.2 Å². The SMILES string of the molecule is CNc1cc(-c2cc(-c3cc(NC(=O)c4ccc(C(F)F)nc4)c(F)cc3C)ccn2)ccn1. The Bertz CT molecular complexity index is 1340. The summed E-state index contributed by atoms with van der Waals surface area (Å²) in [6.45, 7) is 1.77. The summed E-state index contributed by atoms with van der Waals surface area (Å²) in [5.41, 5.74) is 3.27. The Morgan fingerprint density at radius 3 is 2.41 bits per heavy atom. The van der Waals surface area contributed by atoms with Crippen LogP contribution < -0.4 is 10.6 Å². The lowest BCUT2D eigenvalue weighted by molar-refractivity contribution is 0.102. The summed E-state index contributed by atoms with van der Waals surface area (Å²) in [4.78, 5) is 24.8. The van der Waals surface area contributed by atoms with Gasteiger partial charge in [0.05, 0.1) is 16.9 Å². The highest BCUT2D eigenvalue weighted by molar-refractivity contribution is 6.04. The highest BCUT2D eigenvalue weighted by Gasteiger charge is 2.15. The normalized spacial score (nSPS) is 10.9. The Kier molecular flexibility index (Phi) is 6.53. The van der Waals surface area contributed by atoms with Crippen LogP contribution in [-0.4, -0.2) is 27.9 Å². The van der Waals surface area contributed by atoms with Crippen LogP contribution in [-0.2, 0) is 0 Å². The number of halogens is 3. The van der Waals surface area contributed by atoms with E-state index in [9.17, 15) is 18.0 Å². The summed E-state index contributed by atoms with van der Waals surface area (Å²) in [6, 6.07) is 12.5. The minimum atomic E-state index is -2.74. The second-order valence-corrected chi connectivity index (χ2v) is 7.48. The third-order valence-electron chi connectivity index (χ3n) is 5.22. The maximum atomic E-state index is 14.7. The van der Waals surface area contributed by atoms with E-state index in [4.69, 9.17) is 0 Å². The molecule has 9 heteroatoms. The summed E-state index contributed by atoms with van der Waals surface area (Å²) >= 11 is 0. The van der Waals surface area contributed by atoms with Crippen molar-refractivity contribution >= 4 is 17.4 Å². The van der Waals surface area contributed by atoms with Crippen LogP contribution in [0.25, 0.3) is 22.4 Å². The van der Waals surface area contributed by atoms with Gasteiger partial charge in [0.2, 0.25) is 0 Å². The molecule has 1 aromatic carbocycles. The molecule has 0 fully saturated rings. The number of anilines is 2. The number of carbonyl (C=O) groups is 1. The van der Waals surface area contributed by atoms with Crippen LogP contribution in [0, 0.1) is 12.7 Å². The monoisotopic (exact) mass is 463 g/mol. The first-order valence-corrected chi connectivity index (χ1v) is 10.3. The summed E-state index contributed by atoms with van der Waals surface area (Å²) in [5.74, 6) is -0.577. The number of benzene rings is 1. The smallest absolute Gasteiger partial charge is 0.280 e. The van der Waals surface area contributed by atoms with Crippen molar-refractivity contribution in [1.82, 2.24) is 15.0 Å². The van der Waals surface area contributed by atoms with Gasteiger partial charge in [0.1, 0.15) is 17.3 Å². The molecule has 172 valence electrons. The Balaban J connectivity index is 1.65. The molecule has 34 heavy (non-hydrogen) atoms. The van der Waals surface area contributed by atoms with Gasteiger partial charge >= 0.3 is 0 Å². The second kappa shape index (κ2) is 9.70. The highest BCUT2D eigenvalue weighted by atomic mass is 19.3. The fourth-order valence-electron chi connectivity index (χ4n) is 3.43. The van der Waals surface area contributed by atoms with Gasteiger partial charge in [-0.15, -0.1) is 0 Å². The standard InChI is InChI=1S/C25H20F3N5O/c1-14-9-19(26)22(33-25(34)17-3-4-20(24(27)28)32-13-17)12-18(14)15-5-7-30-21(10-15)16-6-8-31-23(11-16)29-2/h3-13,24H,1-2H3,(H,29,31)(H,33,34). The van der Waals surface area contributed by atoms with Crippen molar-refractivity contribution in [2.24, 2.45) is 0 Å². The van der Waals surface area contributed by atoms with Crippen molar-refractivity contribution in [2.75, 3.05) is 17.7 Å². The Morgan fingerprint density at radius 1 is 0.941 bits per heavy atom. The molecule has 3 aromatic heterocycles. The van der Waals surface area contributed by atoms with Crippen molar-refractivity contribution < 1.29 is 18.0 Å². The minimum absolute atomic E-state index is 0.0372. The first-order chi connectivity index (χ1) is 16.4. The van der Waals surface area contributed by atoms with Crippen LogP contribution in [0.5, 0.6) is 0 Å². The molecule has 0 unspecified atom stereocenters. The van der Waals surface area contributed by atoms with E-state index in [1.54, 1.807) is 32.4 Å². The quantitative estimate of drug-likeness (QED) is 0.373. The lowest BCUT2D eigenvalue weighted by Crippen LogP contribution is -2.14. The van der Waals surface area contributed by atoms with Gasteiger partial charge in [-0.05, 0) is 72.1 Å². The number of pyridine rings is 3. The number of aromatic nitrogens is 3. The summed E-state index contributed by atoms with van der Waals surface area (Å²) < 4.78 is 40.1. The van der Waals surface area contributed by atoms with Crippen LogP contribution in [0.1, 0.15) is 28.0 Å². The van der Waals surface area contributed by atoms with Crippen molar-refractivity contribution in [3.05, 3.63) is 89.8 Å². The maximum Gasteiger partial charge on any atom is 0.280 e. The molecule has 2 N–H and O–H groups in total. The number of aryl methyl sites for hydroxylation is 1. The molecule has 3 heterocycles. The van der Waals surface area contributed by atoms with Crippen molar-refractivity contribution in [1.29, 1.82) is 0 Å². The number of hydrogen-bond acceptors (Lipinski definition) is 5. The molecule has 0 saturated carbocycles. The zero-order valence-electron chi connectivity index (χ0n) is 18.3. The van der Waals surface area contributed by atoms with Gasteiger partial charge in [0.25, 0.3) is 12.3 Å². The molecule has 0 atom stereocenters. The van der Waals surface area contributed by atoms with Crippen molar-refractivity contribution in [2.45, 2.75) is 13.3 Å². The molecule has 1 amide bonds. The van der Waals surface area contributed by atoms with Gasteiger partial charge in [0, 0.05) is 31.2 Å². The van der Waals surface area contributed by atoms with Crippen molar-refractivity contribution in [3.8, 4) is 22.4 Å². The van der Waals surface area contributed by atoms with E-state index in [0.29, 0.717) is 22.6 Å². The number of amides is 1. The summed E-state index contributed by atoms with van der Waals surface area (Å²) in [6.07, 6.45) is 1.63. The molecule has 6 nitrogen and oxygen atoms in total. The van der Waals surface area contributed by atoms with Crippen molar-refractivity contribution in [3.63, 3.8) is 0 Å². The van der Waals surface area contributed by atoms with Crippen LogP contribution in [0.2, 0.25) is 0 Å². The van der Waals surface area contributed by atoms with Crippen LogP contribution in [0.3, 0.4) is 0 Å². The van der Waals surface area contributed by atoms with Gasteiger partial charge < -0.3 is 10.6 Å². The Labute approximate surface area is 193 Å². The first kappa shape index (κ1) is 22.9. The van der Waals surface area contributed by atoms with Gasteiger partial charge in [0.15, 0.2) is 0 Å². The van der Waals surface area contributed by atoms with E-state index in [-0.39, 0.29) is 11.3 Å². The molecule has 0 aliphatic carbocycles. The van der Waals surface area contributed by atoms with E-state index in [2.05, 4.69) is 25.6 Å². The van der Waals surface area contributed by atoms with E-state index < -0.39 is 23.8 Å². The second-order valence-electron chi connectivity index (χ2n) is 7.48. The molecule has 0 saturated heterocycles. The van der Waals surface area contributed by atoms with Crippen LogP contribution >= 0.6 is 0 Å². The maximum absolute atomic E-state index is 14.7. The average molecular weight is 463 g/mol. The molecule has 0 radical (unpaired) electrons. The topological polar surface area (TPSA) is 79.8 Å². The molecule has 0 spiro atoms. The number of rotatable bonds is 6. The molecule has 0 aliphatic rings. The molecule has 0 aliphatic heterocycles. The van der Waals surface area contributed by atoms with Crippen LogP contribution in [0.15, 0.2) is 67.1 Å². The lowest BCUT2D eigenvalue weighted by Gasteiger charge is -2.13. The van der Waals surface area contributed by atoms with Gasteiger partial charge in [-0.1, -0.05) is 0 Å².